The van der Waals surface area contributed by atoms with Crippen LogP contribution in [0.25, 0.3) is 0 Å². The van der Waals surface area contributed by atoms with Gasteiger partial charge in [0.1, 0.15) is 5.25 Å². The van der Waals surface area contributed by atoms with Crippen LogP contribution in [0.5, 0.6) is 0 Å². The summed E-state index contributed by atoms with van der Waals surface area (Å²) in [5.74, 6) is -1.04. The van der Waals surface area contributed by atoms with Crippen molar-refractivity contribution in [3.8, 4) is 0 Å². The number of benzene rings is 1. The van der Waals surface area contributed by atoms with Crippen molar-refractivity contribution in [3.05, 3.63) is 28.8 Å². The number of carbonyl (C=O) groups is 2. The Morgan fingerprint density at radius 3 is 2.95 bits per heavy atom. The van der Waals surface area contributed by atoms with Crippen LogP contribution in [0.1, 0.15) is 12.0 Å². The molecule has 2 rings (SSSR count). The maximum atomic E-state index is 12.0. The minimum Gasteiger partial charge on any atom is -0.368 e. The van der Waals surface area contributed by atoms with E-state index in [0.717, 1.165) is 17.3 Å². The molecule has 5 N–H and O–H groups in total. The Morgan fingerprint density at radius 2 is 2.32 bits per heavy atom. The Labute approximate surface area is 136 Å². The normalized spacial score (nSPS) is 19.1. The standard InChI is InChI=1S/C13H14ClN5O2S/c1-6-2-3-7(4-8(6)14)17-10(20)5-9-11(21)18-13(22-9)19-12(15)16/h2-4,9H,5H2,1H3,(H,17,20)(H4,15,16,18,19,21). The molecule has 1 heterocycles. The molecule has 1 saturated heterocycles. The highest BCUT2D eigenvalue weighted by molar-refractivity contribution is 8.15. The number of aliphatic imine (C=N–C) groups is 1. The molecule has 0 spiro atoms. The van der Waals surface area contributed by atoms with Crippen molar-refractivity contribution >= 4 is 52.0 Å². The first-order valence-corrected chi connectivity index (χ1v) is 7.57. The Balaban J connectivity index is 1.96. The summed E-state index contributed by atoms with van der Waals surface area (Å²) >= 11 is 7.06. The predicted molar refractivity (Wildman–Crippen MR) is 88.3 cm³/mol. The van der Waals surface area contributed by atoms with Gasteiger partial charge >= 0.3 is 0 Å². The number of amides is 2. The lowest BCUT2D eigenvalue weighted by Crippen LogP contribution is -2.28. The van der Waals surface area contributed by atoms with Crippen molar-refractivity contribution in [2.75, 3.05) is 5.32 Å². The molecule has 7 nitrogen and oxygen atoms in total. The van der Waals surface area contributed by atoms with Crippen LogP contribution >= 0.6 is 23.4 Å². The minimum absolute atomic E-state index is 0.0150. The maximum Gasteiger partial charge on any atom is 0.240 e. The number of nitrogens with zero attached hydrogens (tertiary/aromatic N) is 1. The number of nitrogens with two attached hydrogens (primary N) is 1. The Bertz CT molecular complexity index is 676. The number of thioether (sulfide) groups is 1. The molecule has 0 radical (unpaired) electrons. The zero-order valence-corrected chi connectivity index (χ0v) is 13.2. The van der Waals surface area contributed by atoms with E-state index < -0.39 is 11.2 Å². The first kappa shape index (κ1) is 16.3. The third-order valence-electron chi connectivity index (χ3n) is 2.82. The highest BCUT2D eigenvalue weighted by atomic mass is 35.5. The zero-order chi connectivity index (χ0) is 16.3. The molecule has 22 heavy (non-hydrogen) atoms. The third kappa shape index (κ3) is 4.22. The smallest absolute Gasteiger partial charge is 0.240 e. The molecule has 1 aliphatic heterocycles. The minimum atomic E-state index is -0.598. The highest BCUT2D eigenvalue weighted by Gasteiger charge is 2.32. The second-order valence-corrected chi connectivity index (χ2v) is 6.21. The maximum absolute atomic E-state index is 12.0. The van der Waals surface area contributed by atoms with Crippen LogP contribution < -0.4 is 16.4 Å². The van der Waals surface area contributed by atoms with Crippen LogP contribution in [0.2, 0.25) is 5.02 Å². The predicted octanol–water partition coefficient (Wildman–Crippen LogP) is 1.46. The lowest BCUT2D eigenvalue weighted by molar-refractivity contribution is -0.122. The van der Waals surface area contributed by atoms with Gasteiger partial charge in [-0.3, -0.25) is 15.0 Å². The lowest BCUT2D eigenvalue weighted by atomic mass is 10.2. The summed E-state index contributed by atoms with van der Waals surface area (Å²) in [7, 11) is 0. The van der Waals surface area contributed by atoms with Crippen molar-refractivity contribution in [1.82, 2.24) is 5.32 Å². The summed E-state index contributed by atoms with van der Waals surface area (Å²) in [4.78, 5) is 27.4. The van der Waals surface area contributed by atoms with E-state index in [1.54, 1.807) is 18.2 Å². The number of amidine groups is 1. The van der Waals surface area contributed by atoms with Crippen molar-refractivity contribution in [2.24, 2.45) is 10.7 Å². The van der Waals surface area contributed by atoms with E-state index in [9.17, 15) is 9.59 Å². The van der Waals surface area contributed by atoms with Gasteiger partial charge in [-0.25, -0.2) is 0 Å². The number of hydrogen-bond acceptors (Lipinski definition) is 4. The van der Waals surface area contributed by atoms with Crippen molar-refractivity contribution in [1.29, 1.82) is 5.41 Å². The molecule has 1 atom stereocenters. The number of halogens is 1. The van der Waals surface area contributed by atoms with E-state index >= 15 is 0 Å². The first-order valence-electron chi connectivity index (χ1n) is 6.31. The largest absolute Gasteiger partial charge is 0.368 e. The van der Waals surface area contributed by atoms with Crippen LogP contribution in [0.3, 0.4) is 0 Å². The molecule has 1 aromatic rings. The molecule has 9 heteroatoms. The Hall–Kier alpha value is -2.06. The van der Waals surface area contributed by atoms with Crippen molar-refractivity contribution in [2.45, 2.75) is 18.6 Å². The van der Waals surface area contributed by atoms with Gasteiger partial charge in [-0.05, 0) is 24.6 Å². The van der Waals surface area contributed by atoms with E-state index in [0.29, 0.717) is 10.7 Å². The Morgan fingerprint density at radius 1 is 1.59 bits per heavy atom. The number of carbonyl (C=O) groups excluding carboxylic acids is 2. The fourth-order valence-corrected chi connectivity index (χ4v) is 2.91. The number of hydrogen-bond donors (Lipinski definition) is 4. The van der Waals surface area contributed by atoms with Gasteiger partial charge in [-0.2, -0.15) is 4.99 Å². The molecule has 0 saturated carbocycles. The van der Waals surface area contributed by atoms with Crippen LogP contribution in [-0.2, 0) is 9.59 Å². The van der Waals surface area contributed by atoms with E-state index in [2.05, 4.69) is 15.6 Å². The van der Waals surface area contributed by atoms with E-state index in [1.165, 1.54) is 0 Å². The molecule has 1 unspecified atom stereocenters. The molecular formula is C13H14ClN5O2S. The van der Waals surface area contributed by atoms with Gasteiger partial charge in [0.25, 0.3) is 0 Å². The molecule has 1 fully saturated rings. The summed E-state index contributed by atoms with van der Waals surface area (Å²) in [6.07, 6.45) is -0.0150. The van der Waals surface area contributed by atoms with Gasteiger partial charge in [0, 0.05) is 17.1 Å². The molecule has 2 amide bonds. The Kier molecular flexibility index (Phi) is 5.04. The average Bonchev–Trinajstić information content (AvgIpc) is 2.73. The van der Waals surface area contributed by atoms with E-state index in [1.807, 2.05) is 6.92 Å². The summed E-state index contributed by atoms with van der Waals surface area (Å²) in [6, 6.07) is 5.19. The summed E-state index contributed by atoms with van der Waals surface area (Å²) < 4.78 is 0. The van der Waals surface area contributed by atoms with E-state index in [4.69, 9.17) is 22.7 Å². The van der Waals surface area contributed by atoms with E-state index in [-0.39, 0.29) is 23.4 Å². The average molecular weight is 340 g/mol. The van der Waals surface area contributed by atoms with Gasteiger partial charge in [0.2, 0.25) is 17.8 Å². The quantitative estimate of drug-likeness (QED) is 0.492. The molecule has 0 aromatic heterocycles. The second kappa shape index (κ2) is 6.80. The summed E-state index contributed by atoms with van der Waals surface area (Å²) in [6.45, 7) is 1.86. The van der Waals surface area contributed by atoms with Crippen molar-refractivity contribution in [3.63, 3.8) is 0 Å². The van der Waals surface area contributed by atoms with Crippen molar-refractivity contribution < 1.29 is 9.59 Å². The number of aryl methyl sites for hydroxylation is 1. The second-order valence-electron chi connectivity index (χ2n) is 4.61. The first-order chi connectivity index (χ1) is 10.3. The molecule has 1 aromatic carbocycles. The number of rotatable bonds is 3. The van der Waals surface area contributed by atoms with Crippen LogP contribution in [0, 0.1) is 12.3 Å². The number of nitrogens with one attached hydrogen (secondary N) is 3. The summed E-state index contributed by atoms with van der Waals surface area (Å²) in [5, 5.41) is 12.4. The molecule has 0 bridgehead atoms. The fraction of sp³-hybridized carbons (Fsp3) is 0.231. The molecule has 1 aliphatic rings. The van der Waals surface area contributed by atoms with Gasteiger partial charge in [-0.1, -0.05) is 29.4 Å². The topological polar surface area (TPSA) is 120 Å². The monoisotopic (exact) mass is 339 g/mol. The SMILES string of the molecule is Cc1ccc(NC(=O)CC2SC(=NC(=N)N)NC2=O)cc1Cl. The number of guanidine groups is 1. The molecule has 116 valence electrons. The third-order valence-corrected chi connectivity index (χ3v) is 4.31. The van der Waals surface area contributed by atoms with Gasteiger partial charge < -0.3 is 16.4 Å². The summed E-state index contributed by atoms with van der Waals surface area (Å²) in [5.41, 5.74) is 6.62. The number of anilines is 1. The van der Waals surface area contributed by atoms with Gasteiger partial charge in [-0.15, -0.1) is 0 Å². The van der Waals surface area contributed by atoms with Gasteiger partial charge in [0.05, 0.1) is 0 Å². The fourth-order valence-electron chi connectivity index (χ4n) is 1.75. The van der Waals surface area contributed by atoms with Gasteiger partial charge in [0.15, 0.2) is 5.17 Å². The van der Waals surface area contributed by atoms with Crippen LogP contribution in [-0.4, -0.2) is 28.2 Å². The highest BCUT2D eigenvalue weighted by Crippen LogP contribution is 2.24. The van der Waals surface area contributed by atoms with Crippen LogP contribution in [0.15, 0.2) is 23.2 Å². The lowest BCUT2D eigenvalue weighted by Gasteiger charge is -2.08. The molecular weight excluding hydrogens is 326 g/mol. The molecule has 0 aliphatic carbocycles. The zero-order valence-electron chi connectivity index (χ0n) is 11.6. The van der Waals surface area contributed by atoms with Crippen LogP contribution in [0.4, 0.5) is 5.69 Å².